The van der Waals surface area contributed by atoms with E-state index in [0.29, 0.717) is 0 Å². The molecule has 8 aromatic rings. The summed E-state index contributed by atoms with van der Waals surface area (Å²) in [5.41, 5.74) is 35.0. The van der Waals surface area contributed by atoms with Crippen LogP contribution in [0, 0.1) is 96.9 Å². The number of aryl methyl sites for hydroxylation is 18. The van der Waals surface area contributed by atoms with Crippen LogP contribution in [-0.2, 0) is 25.7 Å². The van der Waals surface area contributed by atoms with Gasteiger partial charge in [-0.1, -0.05) is 232 Å². The van der Waals surface area contributed by atoms with Crippen molar-refractivity contribution in [2.45, 2.75) is 135 Å². The minimum Gasteiger partial charge on any atom is -0.0646 e. The van der Waals surface area contributed by atoms with Crippen molar-refractivity contribution in [3.63, 3.8) is 0 Å². The largest absolute Gasteiger partial charge is 0.242 e. The lowest BCUT2D eigenvalue weighted by Crippen LogP contribution is -2.58. The van der Waals surface area contributed by atoms with Gasteiger partial charge in [-0.15, -0.1) is 0 Å². The first-order valence-corrected chi connectivity index (χ1v) is 25.5. The monoisotopic (exact) mass is 889 g/mol. The fourth-order valence-electron chi connectivity index (χ4n) is 12.9. The Bertz CT molecular complexity index is 2730. The maximum Gasteiger partial charge on any atom is 0.242 e. The predicted octanol–water partition coefficient (Wildman–Crippen LogP) is 12.5. The first kappa shape index (κ1) is 48.6. The van der Waals surface area contributed by atoms with E-state index in [1.165, 1.54) is 113 Å². The van der Waals surface area contributed by atoms with Gasteiger partial charge in [0.1, 0.15) is 0 Å². The number of hydrogen-bond donors (Lipinski definition) is 0. The van der Waals surface area contributed by atoms with E-state index in [1.54, 1.807) is 44.0 Å². The van der Waals surface area contributed by atoms with Gasteiger partial charge in [-0.25, -0.2) is 0 Å². The molecule has 2 aliphatic carbocycles. The van der Waals surface area contributed by atoms with Gasteiger partial charge in [0.15, 0.2) is 0 Å². The van der Waals surface area contributed by atoms with E-state index in [4.69, 9.17) is 0 Å². The van der Waals surface area contributed by atoms with Gasteiger partial charge in [-0.05, 0) is 168 Å². The van der Waals surface area contributed by atoms with Gasteiger partial charge in [-0.3, -0.25) is 0 Å². The number of benzene rings is 8. The highest BCUT2D eigenvalue weighted by atomic mass is 14.3. The van der Waals surface area contributed by atoms with Crippen molar-refractivity contribution in [1.29, 1.82) is 0 Å². The minimum atomic E-state index is 0.210. The molecule has 0 spiro atoms. The Morgan fingerprint density at radius 1 is 0.279 bits per heavy atom. The summed E-state index contributed by atoms with van der Waals surface area (Å²) in [6.45, 7) is 32.5. The molecule has 10 rings (SSSR count). The van der Waals surface area contributed by atoms with Crippen molar-refractivity contribution < 1.29 is 0 Å². The van der Waals surface area contributed by atoms with Crippen molar-refractivity contribution in [2.75, 3.05) is 0 Å². The summed E-state index contributed by atoms with van der Waals surface area (Å²) in [6.07, 6.45) is 7.01. The van der Waals surface area contributed by atoms with E-state index in [-0.39, 0.29) is 13.4 Å². The summed E-state index contributed by atoms with van der Waals surface area (Å²) >= 11 is 0. The SMILES string of the molecule is Cc1cc(C)c(B(c2cc3c4c(c(B(c5c(C)cc(C)cc5C)c5c(C)cc(C)cc5C)cc5c4c2CCC5)CCC3)c2c(C)cc(C)cc2C)c(C)c1.Cc1ccccc1.Cc1ccccc1. The molecule has 68 heavy (non-hydrogen) atoms. The summed E-state index contributed by atoms with van der Waals surface area (Å²) in [5.74, 6) is 0. The molecule has 2 aliphatic rings. The third-order valence-electron chi connectivity index (χ3n) is 15.2. The Labute approximate surface area is 411 Å². The van der Waals surface area contributed by atoms with Crippen LogP contribution in [0.3, 0.4) is 0 Å². The van der Waals surface area contributed by atoms with Crippen molar-refractivity contribution in [3.8, 4) is 0 Å². The van der Waals surface area contributed by atoms with Crippen LogP contribution in [0.1, 0.15) is 113 Å². The highest BCUT2D eigenvalue weighted by Crippen LogP contribution is 2.37. The zero-order valence-corrected chi connectivity index (χ0v) is 43.9. The Kier molecular flexibility index (Phi) is 14.6. The first-order valence-electron chi connectivity index (χ1n) is 25.5. The maximum absolute atomic E-state index is 2.72. The van der Waals surface area contributed by atoms with Crippen LogP contribution in [0.15, 0.2) is 121 Å². The van der Waals surface area contributed by atoms with E-state index < -0.39 is 0 Å². The average Bonchev–Trinajstić information content (AvgIpc) is 3.27. The minimum absolute atomic E-state index is 0.210. The molecular formula is C66H74B2. The lowest BCUT2D eigenvalue weighted by molar-refractivity contribution is 0.792. The fraction of sp³-hybridized carbons (Fsp3) is 0.303. The quantitative estimate of drug-likeness (QED) is 0.146. The molecule has 0 saturated carbocycles. The van der Waals surface area contributed by atoms with Gasteiger partial charge >= 0.3 is 0 Å². The van der Waals surface area contributed by atoms with E-state index in [2.05, 4.69) is 182 Å². The molecule has 0 saturated heterocycles. The highest BCUT2D eigenvalue weighted by molar-refractivity contribution is 6.98. The number of rotatable bonds is 6. The molecular weight excluding hydrogens is 814 g/mol. The summed E-state index contributed by atoms with van der Waals surface area (Å²) in [4.78, 5) is 0. The molecule has 0 bridgehead atoms. The van der Waals surface area contributed by atoms with Crippen molar-refractivity contribution in [2.24, 2.45) is 0 Å². The smallest absolute Gasteiger partial charge is 0.0646 e. The van der Waals surface area contributed by atoms with E-state index in [1.807, 2.05) is 36.4 Å². The Morgan fingerprint density at radius 2 is 0.529 bits per heavy atom. The molecule has 0 N–H and O–H groups in total. The summed E-state index contributed by atoms with van der Waals surface area (Å²) in [6, 6.07) is 45.3. The highest BCUT2D eigenvalue weighted by Gasteiger charge is 2.37. The molecule has 0 nitrogen and oxygen atoms in total. The molecule has 0 radical (unpaired) electrons. The van der Waals surface area contributed by atoms with Crippen LogP contribution in [0.2, 0.25) is 0 Å². The Morgan fingerprint density at radius 3 is 0.750 bits per heavy atom. The van der Waals surface area contributed by atoms with Crippen LogP contribution < -0.4 is 32.8 Å². The van der Waals surface area contributed by atoms with Crippen LogP contribution >= 0.6 is 0 Å². The zero-order valence-electron chi connectivity index (χ0n) is 43.9. The molecule has 0 atom stereocenters. The van der Waals surface area contributed by atoms with Crippen LogP contribution in [-0.4, -0.2) is 13.4 Å². The van der Waals surface area contributed by atoms with Gasteiger partial charge in [0, 0.05) is 0 Å². The molecule has 344 valence electrons. The second kappa shape index (κ2) is 20.4. The van der Waals surface area contributed by atoms with Crippen LogP contribution in [0.5, 0.6) is 0 Å². The first-order chi connectivity index (χ1) is 32.5. The maximum atomic E-state index is 2.72. The van der Waals surface area contributed by atoms with E-state index in [0.717, 1.165) is 25.7 Å². The van der Waals surface area contributed by atoms with E-state index in [9.17, 15) is 0 Å². The molecule has 0 fully saturated rings. The second-order valence-electron chi connectivity index (χ2n) is 21.1. The van der Waals surface area contributed by atoms with Crippen molar-refractivity contribution in [1.82, 2.24) is 0 Å². The normalized spacial score (nSPS) is 12.5. The van der Waals surface area contributed by atoms with Gasteiger partial charge < -0.3 is 0 Å². The lowest BCUT2D eigenvalue weighted by atomic mass is 9.32. The zero-order chi connectivity index (χ0) is 48.6. The van der Waals surface area contributed by atoms with Crippen molar-refractivity contribution >= 4 is 57.0 Å². The molecule has 2 heteroatoms. The second-order valence-corrected chi connectivity index (χ2v) is 21.1. The molecule has 0 aliphatic heterocycles. The topological polar surface area (TPSA) is 0 Å². The lowest BCUT2D eigenvalue weighted by Gasteiger charge is -2.34. The Balaban J connectivity index is 0.000000382. The van der Waals surface area contributed by atoms with Crippen molar-refractivity contribution in [3.05, 3.63) is 221 Å². The van der Waals surface area contributed by atoms with E-state index >= 15 is 0 Å². The number of hydrogen-bond acceptors (Lipinski definition) is 0. The van der Waals surface area contributed by atoms with Gasteiger partial charge in [0.25, 0.3) is 0 Å². The van der Waals surface area contributed by atoms with Gasteiger partial charge in [0.05, 0.1) is 0 Å². The molecule has 0 aromatic heterocycles. The fourth-order valence-corrected chi connectivity index (χ4v) is 12.9. The standard InChI is InChI=1S/C52H58B2.2C7H8/c1-29-19-33(5)49(34(6)20-29)53(50-35(7)21-30(2)22-36(50)8)45-27-41-15-14-18-44-46(28-42-16-13-17-43(45)47(42)48(41)44)54(51-37(9)23-31(3)24-38(51)10)52-39(11)25-32(4)26-40(52)12;2*1-7-5-3-2-4-6-7/h19-28H,13-18H2,1-12H3;2*2-6H,1H3. The average molecular weight is 889 g/mol. The van der Waals surface area contributed by atoms with Crippen LogP contribution in [0.25, 0.3) is 10.8 Å². The predicted molar refractivity (Wildman–Crippen MR) is 302 cm³/mol. The van der Waals surface area contributed by atoms with Crippen LogP contribution in [0.4, 0.5) is 0 Å². The summed E-state index contributed by atoms with van der Waals surface area (Å²) in [7, 11) is 0. The molecule has 0 unspecified atom stereocenters. The third-order valence-corrected chi connectivity index (χ3v) is 15.2. The molecule has 0 heterocycles. The third kappa shape index (κ3) is 9.85. The summed E-state index contributed by atoms with van der Waals surface area (Å²) < 4.78 is 0. The molecule has 0 amide bonds. The summed E-state index contributed by atoms with van der Waals surface area (Å²) in [5, 5.41) is 3.21. The van der Waals surface area contributed by atoms with Gasteiger partial charge in [-0.2, -0.15) is 0 Å². The Hall–Kier alpha value is -5.85. The van der Waals surface area contributed by atoms with Gasteiger partial charge in [0.2, 0.25) is 13.4 Å². The molecule has 8 aromatic carbocycles.